The Kier molecular flexibility index (Phi) is 7.37. The molecule has 0 aromatic carbocycles. The summed E-state index contributed by atoms with van der Waals surface area (Å²) >= 11 is 2.12. The van der Waals surface area contributed by atoms with E-state index in [0.29, 0.717) is 6.04 Å². The molecule has 0 saturated heterocycles. The van der Waals surface area contributed by atoms with Crippen LogP contribution in [-0.2, 0) is 0 Å². The summed E-state index contributed by atoms with van der Waals surface area (Å²) in [7, 11) is 0. The van der Waals surface area contributed by atoms with Crippen LogP contribution in [0.15, 0.2) is 18.5 Å². The maximum Gasteiger partial charge on any atom is 0.137 e. The number of hydrogen-bond donors (Lipinski definition) is 1. The van der Waals surface area contributed by atoms with Gasteiger partial charge in [-0.3, -0.25) is 4.98 Å². The summed E-state index contributed by atoms with van der Waals surface area (Å²) < 4.78 is 5.70. The van der Waals surface area contributed by atoms with E-state index >= 15 is 0 Å². The van der Waals surface area contributed by atoms with Gasteiger partial charge in [-0.15, -0.1) is 0 Å². The molecular weight excluding hydrogens is 280 g/mol. The molecule has 0 amide bonds. The fraction of sp³-hybridized carbons (Fsp3) is 0.706. The van der Waals surface area contributed by atoms with Gasteiger partial charge in [0.2, 0.25) is 0 Å². The fourth-order valence-electron chi connectivity index (χ4n) is 2.73. The molecule has 4 heteroatoms. The normalized spacial score (nSPS) is 17.0. The van der Waals surface area contributed by atoms with Gasteiger partial charge >= 0.3 is 0 Å². The molecule has 0 bridgehead atoms. The third-order valence-corrected chi connectivity index (χ3v) is 5.33. The Hall–Kier alpha value is -0.740. The smallest absolute Gasteiger partial charge is 0.137 e. The minimum absolute atomic E-state index is 0.373. The van der Waals surface area contributed by atoms with Crippen molar-refractivity contribution in [2.24, 2.45) is 0 Å². The van der Waals surface area contributed by atoms with Crippen LogP contribution in [0.2, 0.25) is 0 Å². The van der Waals surface area contributed by atoms with Crippen LogP contribution in [-0.4, -0.2) is 29.1 Å². The lowest BCUT2D eigenvalue weighted by Crippen LogP contribution is -2.24. The van der Waals surface area contributed by atoms with Crippen LogP contribution in [0.4, 0.5) is 0 Å². The Morgan fingerprint density at radius 1 is 1.33 bits per heavy atom. The van der Waals surface area contributed by atoms with Gasteiger partial charge in [-0.05, 0) is 37.4 Å². The second-order valence-electron chi connectivity index (χ2n) is 5.65. The summed E-state index contributed by atoms with van der Waals surface area (Å²) in [5, 5.41) is 4.45. The summed E-state index contributed by atoms with van der Waals surface area (Å²) in [4.78, 5) is 4.35. The molecule has 118 valence electrons. The zero-order chi connectivity index (χ0) is 14.9. The number of nitrogens with one attached hydrogen (secondary N) is 1. The van der Waals surface area contributed by atoms with Gasteiger partial charge in [-0.1, -0.05) is 26.7 Å². The molecule has 1 N–H and O–H groups in total. The number of aromatic nitrogens is 1. The van der Waals surface area contributed by atoms with Crippen molar-refractivity contribution in [2.45, 2.75) is 57.2 Å². The van der Waals surface area contributed by atoms with Crippen LogP contribution < -0.4 is 10.1 Å². The molecule has 1 atom stereocenters. The monoisotopic (exact) mass is 308 g/mol. The quantitative estimate of drug-likeness (QED) is 0.741. The molecule has 3 nitrogen and oxygen atoms in total. The molecular formula is C17H28N2OS. The number of pyridine rings is 1. The van der Waals surface area contributed by atoms with E-state index in [1.807, 2.05) is 12.4 Å². The SMILES string of the molecule is CCCOc1cncc(C(CSC2CCCC2)NCC)c1. The Bertz CT molecular complexity index is 408. The van der Waals surface area contributed by atoms with Gasteiger partial charge in [0.05, 0.1) is 12.8 Å². The predicted octanol–water partition coefficient (Wildman–Crippen LogP) is 4.20. The van der Waals surface area contributed by atoms with Crippen LogP contribution >= 0.6 is 11.8 Å². The molecule has 1 unspecified atom stereocenters. The molecule has 1 saturated carbocycles. The first-order valence-corrected chi connectivity index (χ1v) is 9.31. The Morgan fingerprint density at radius 2 is 2.14 bits per heavy atom. The molecule has 1 aromatic rings. The lowest BCUT2D eigenvalue weighted by atomic mass is 10.1. The molecule has 2 rings (SSSR count). The molecule has 1 aliphatic carbocycles. The molecule has 0 spiro atoms. The highest BCUT2D eigenvalue weighted by atomic mass is 32.2. The van der Waals surface area contributed by atoms with Crippen LogP contribution in [0, 0.1) is 0 Å². The van der Waals surface area contributed by atoms with Crippen LogP contribution in [0.25, 0.3) is 0 Å². The lowest BCUT2D eigenvalue weighted by Gasteiger charge is -2.20. The van der Waals surface area contributed by atoms with Gasteiger partial charge in [-0.2, -0.15) is 11.8 Å². The van der Waals surface area contributed by atoms with Gasteiger partial charge < -0.3 is 10.1 Å². The number of ether oxygens (including phenoxy) is 1. The van der Waals surface area contributed by atoms with Crippen molar-refractivity contribution in [3.05, 3.63) is 24.0 Å². The summed E-state index contributed by atoms with van der Waals surface area (Å²) in [6.07, 6.45) is 10.4. The summed E-state index contributed by atoms with van der Waals surface area (Å²) in [5.41, 5.74) is 1.25. The predicted molar refractivity (Wildman–Crippen MR) is 91.2 cm³/mol. The molecule has 1 fully saturated rings. The fourth-order valence-corrected chi connectivity index (χ4v) is 4.17. The van der Waals surface area contributed by atoms with E-state index < -0.39 is 0 Å². The zero-order valence-corrected chi connectivity index (χ0v) is 14.1. The molecule has 1 heterocycles. The van der Waals surface area contributed by atoms with E-state index in [1.165, 1.54) is 31.2 Å². The number of nitrogens with zero attached hydrogens (tertiary/aromatic N) is 1. The molecule has 21 heavy (non-hydrogen) atoms. The van der Waals surface area contributed by atoms with E-state index in [2.05, 4.69) is 42.0 Å². The Morgan fingerprint density at radius 3 is 2.86 bits per heavy atom. The summed E-state index contributed by atoms with van der Waals surface area (Å²) in [6.45, 7) is 6.03. The molecule has 1 aliphatic rings. The first kappa shape index (κ1) is 16.6. The van der Waals surface area contributed by atoms with Crippen molar-refractivity contribution in [1.29, 1.82) is 0 Å². The maximum atomic E-state index is 5.70. The number of hydrogen-bond acceptors (Lipinski definition) is 4. The van der Waals surface area contributed by atoms with Crippen LogP contribution in [0.1, 0.15) is 57.6 Å². The van der Waals surface area contributed by atoms with Gasteiger partial charge in [0.15, 0.2) is 0 Å². The highest BCUT2D eigenvalue weighted by Crippen LogP contribution is 2.32. The topological polar surface area (TPSA) is 34.1 Å². The van der Waals surface area contributed by atoms with Crippen molar-refractivity contribution in [3.63, 3.8) is 0 Å². The van der Waals surface area contributed by atoms with Crippen molar-refractivity contribution in [2.75, 3.05) is 18.9 Å². The summed E-state index contributed by atoms with van der Waals surface area (Å²) in [5.74, 6) is 2.01. The van der Waals surface area contributed by atoms with Crippen LogP contribution in [0.5, 0.6) is 5.75 Å². The molecule has 0 aliphatic heterocycles. The molecule has 0 radical (unpaired) electrons. The van der Waals surface area contributed by atoms with Gasteiger partial charge in [0.25, 0.3) is 0 Å². The van der Waals surface area contributed by atoms with E-state index in [9.17, 15) is 0 Å². The van der Waals surface area contributed by atoms with E-state index in [1.54, 1.807) is 0 Å². The van der Waals surface area contributed by atoms with Gasteiger partial charge in [0, 0.05) is 23.2 Å². The van der Waals surface area contributed by atoms with Crippen molar-refractivity contribution in [3.8, 4) is 5.75 Å². The first-order chi connectivity index (χ1) is 10.3. The highest BCUT2D eigenvalue weighted by Gasteiger charge is 2.19. The zero-order valence-electron chi connectivity index (χ0n) is 13.3. The van der Waals surface area contributed by atoms with Gasteiger partial charge in [0.1, 0.15) is 5.75 Å². The second-order valence-corrected chi connectivity index (χ2v) is 6.99. The average molecular weight is 308 g/mol. The standard InChI is InChI=1S/C17H28N2OS/c1-3-9-20-15-10-14(11-18-12-15)17(19-4-2)13-21-16-7-5-6-8-16/h10-12,16-17,19H,3-9,13H2,1-2H3. The number of thioether (sulfide) groups is 1. The second kappa shape index (κ2) is 9.31. The maximum absolute atomic E-state index is 5.70. The van der Waals surface area contributed by atoms with Gasteiger partial charge in [-0.25, -0.2) is 0 Å². The summed E-state index contributed by atoms with van der Waals surface area (Å²) in [6, 6.07) is 2.52. The van der Waals surface area contributed by atoms with E-state index in [4.69, 9.17) is 4.74 Å². The number of rotatable bonds is 9. The Labute approximate surface area is 133 Å². The lowest BCUT2D eigenvalue weighted by molar-refractivity contribution is 0.315. The van der Waals surface area contributed by atoms with Crippen molar-refractivity contribution < 1.29 is 4.74 Å². The Balaban J connectivity index is 1.95. The van der Waals surface area contributed by atoms with E-state index in [0.717, 1.165) is 36.3 Å². The molecule has 1 aromatic heterocycles. The third-order valence-electron chi connectivity index (χ3n) is 3.86. The minimum Gasteiger partial charge on any atom is -0.492 e. The minimum atomic E-state index is 0.373. The highest BCUT2D eigenvalue weighted by molar-refractivity contribution is 7.99. The van der Waals surface area contributed by atoms with Crippen molar-refractivity contribution >= 4 is 11.8 Å². The average Bonchev–Trinajstić information content (AvgIpc) is 3.03. The van der Waals surface area contributed by atoms with Crippen LogP contribution in [0.3, 0.4) is 0 Å². The largest absolute Gasteiger partial charge is 0.492 e. The van der Waals surface area contributed by atoms with E-state index in [-0.39, 0.29) is 0 Å². The third kappa shape index (κ3) is 5.51. The van der Waals surface area contributed by atoms with Crippen molar-refractivity contribution in [1.82, 2.24) is 10.3 Å². The first-order valence-electron chi connectivity index (χ1n) is 8.26.